The van der Waals surface area contributed by atoms with Crippen molar-refractivity contribution in [1.82, 2.24) is 15.2 Å². The van der Waals surface area contributed by atoms with Gasteiger partial charge in [0.25, 0.3) is 5.91 Å². The molecule has 1 aliphatic rings. The summed E-state index contributed by atoms with van der Waals surface area (Å²) in [6.07, 6.45) is 5.96. The van der Waals surface area contributed by atoms with Crippen molar-refractivity contribution in [3.8, 4) is 0 Å². The molecular weight excluding hydrogens is 292 g/mol. The first-order valence-corrected chi connectivity index (χ1v) is 8.03. The molecule has 0 aliphatic heterocycles. The van der Waals surface area contributed by atoms with E-state index in [2.05, 4.69) is 10.3 Å². The number of carbonyl (C=O) groups is 2. The molecule has 0 saturated heterocycles. The Morgan fingerprint density at radius 1 is 1.09 bits per heavy atom. The minimum Gasteiger partial charge on any atom is -0.363 e. The second kappa shape index (κ2) is 6.98. The fourth-order valence-corrected chi connectivity index (χ4v) is 3.05. The number of likely N-dealkylation sites (N-methyl/N-ethyl adjacent to an activating group) is 1. The van der Waals surface area contributed by atoms with Crippen molar-refractivity contribution in [2.45, 2.75) is 37.6 Å². The van der Waals surface area contributed by atoms with E-state index in [9.17, 15) is 9.59 Å². The molecule has 1 heterocycles. The Labute approximate surface area is 137 Å². The lowest BCUT2D eigenvalue weighted by Crippen LogP contribution is -2.59. The fraction of sp³-hybridized carbons (Fsp3) is 0.588. The van der Waals surface area contributed by atoms with Crippen molar-refractivity contribution < 1.29 is 9.59 Å². The summed E-state index contributed by atoms with van der Waals surface area (Å²) < 4.78 is 0. The number of carbonyl (C=O) groups excluding carboxylic acids is 2. The van der Waals surface area contributed by atoms with Gasteiger partial charge < -0.3 is 15.1 Å². The van der Waals surface area contributed by atoms with Crippen LogP contribution >= 0.6 is 0 Å². The molecule has 1 aromatic rings. The highest BCUT2D eigenvalue weighted by Gasteiger charge is 2.41. The van der Waals surface area contributed by atoms with Gasteiger partial charge in [0.1, 0.15) is 11.4 Å². The van der Waals surface area contributed by atoms with Crippen LogP contribution in [0.3, 0.4) is 0 Å². The molecule has 6 heteroatoms. The van der Waals surface area contributed by atoms with E-state index in [4.69, 9.17) is 0 Å². The van der Waals surface area contributed by atoms with Crippen LogP contribution in [-0.4, -0.2) is 55.4 Å². The number of pyridine rings is 1. The Kier molecular flexibility index (Phi) is 5.23. The molecular formula is C17H26N4O2. The van der Waals surface area contributed by atoms with Gasteiger partial charge in [-0.1, -0.05) is 19.3 Å². The predicted molar refractivity (Wildman–Crippen MR) is 90.5 cm³/mol. The highest BCUT2D eigenvalue weighted by molar-refractivity contribution is 5.99. The highest BCUT2D eigenvalue weighted by atomic mass is 16.2. The van der Waals surface area contributed by atoms with Gasteiger partial charge in [0.05, 0.1) is 5.56 Å². The number of anilines is 1. The van der Waals surface area contributed by atoms with Crippen LogP contribution in [0.15, 0.2) is 18.3 Å². The molecule has 1 N–H and O–H groups in total. The summed E-state index contributed by atoms with van der Waals surface area (Å²) in [7, 11) is 7.26. The van der Waals surface area contributed by atoms with Gasteiger partial charge in [-0.3, -0.25) is 9.59 Å². The van der Waals surface area contributed by atoms with Gasteiger partial charge in [0.15, 0.2) is 0 Å². The second-order valence-electron chi connectivity index (χ2n) is 6.60. The normalized spacial score (nSPS) is 16.5. The summed E-state index contributed by atoms with van der Waals surface area (Å²) in [5, 5.41) is 2.99. The molecule has 0 atom stereocenters. The molecule has 2 rings (SSSR count). The number of nitrogens with zero attached hydrogens (tertiary/aromatic N) is 3. The van der Waals surface area contributed by atoms with E-state index < -0.39 is 5.54 Å². The van der Waals surface area contributed by atoms with Crippen molar-refractivity contribution in [2.24, 2.45) is 0 Å². The third-order valence-electron chi connectivity index (χ3n) is 4.34. The van der Waals surface area contributed by atoms with Gasteiger partial charge in [-0.25, -0.2) is 4.98 Å². The van der Waals surface area contributed by atoms with Crippen LogP contribution in [0.1, 0.15) is 42.5 Å². The average molecular weight is 318 g/mol. The quantitative estimate of drug-likeness (QED) is 0.917. The lowest BCUT2D eigenvalue weighted by Gasteiger charge is -2.38. The number of hydrogen-bond acceptors (Lipinski definition) is 4. The summed E-state index contributed by atoms with van der Waals surface area (Å²) in [4.78, 5) is 32.9. The average Bonchev–Trinajstić information content (AvgIpc) is 2.54. The van der Waals surface area contributed by atoms with E-state index in [0.717, 1.165) is 25.1 Å². The van der Waals surface area contributed by atoms with Crippen LogP contribution in [0.2, 0.25) is 0 Å². The van der Waals surface area contributed by atoms with Crippen LogP contribution in [0.25, 0.3) is 0 Å². The lowest BCUT2D eigenvalue weighted by atomic mass is 9.80. The SMILES string of the molecule is CN(C)C(=O)C1(NC(=O)c2ccc(N(C)C)nc2)CCCCC1. The zero-order valence-corrected chi connectivity index (χ0v) is 14.4. The van der Waals surface area contributed by atoms with Crippen molar-refractivity contribution in [1.29, 1.82) is 0 Å². The topological polar surface area (TPSA) is 65.5 Å². The molecule has 23 heavy (non-hydrogen) atoms. The number of amides is 2. The number of nitrogens with one attached hydrogen (secondary N) is 1. The number of rotatable bonds is 4. The van der Waals surface area contributed by atoms with Crippen molar-refractivity contribution in [3.63, 3.8) is 0 Å². The molecule has 0 spiro atoms. The molecule has 0 radical (unpaired) electrons. The fourth-order valence-electron chi connectivity index (χ4n) is 3.05. The molecule has 1 fully saturated rings. The molecule has 1 saturated carbocycles. The molecule has 0 aromatic carbocycles. The van der Waals surface area contributed by atoms with Crippen molar-refractivity contribution in [3.05, 3.63) is 23.9 Å². The van der Waals surface area contributed by atoms with Crippen LogP contribution in [0, 0.1) is 0 Å². The van der Waals surface area contributed by atoms with Crippen LogP contribution < -0.4 is 10.2 Å². The Hall–Kier alpha value is -2.11. The van der Waals surface area contributed by atoms with E-state index in [0.29, 0.717) is 18.4 Å². The maximum Gasteiger partial charge on any atom is 0.253 e. The van der Waals surface area contributed by atoms with Gasteiger partial charge in [0.2, 0.25) is 5.91 Å². The van der Waals surface area contributed by atoms with Gasteiger partial charge in [-0.15, -0.1) is 0 Å². The van der Waals surface area contributed by atoms with Crippen molar-refractivity contribution in [2.75, 3.05) is 33.1 Å². The van der Waals surface area contributed by atoms with E-state index in [1.165, 1.54) is 0 Å². The third kappa shape index (κ3) is 3.81. The number of aromatic nitrogens is 1. The zero-order chi connectivity index (χ0) is 17.0. The molecule has 0 bridgehead atoms. The monoisotopic (exact) mass is 318 g/mol. The van der Waals surface area contributed by atoms with Crippen LogP contribution in [-0.2, 0) is 4.79 Å². The maximum absolute atomic E-state index is 12.6. The van der Waals surface area contributed by atoms with E-state index in [1.807, 2.05) is 19.0 Å². The van der Waals surface area contributed by atoms with Gasteiger partial charge in [0, 0.05) is 34.4 Å². The van der Waals surface area contributed by atoms with E-state index in [1.54, 1.807) is 37.3 Å². The molecule has 0 unspecified atom stereocenters. The van der Waals surface area contributed by atoms with Gasteiger partial charge in [-0.2, -0.15) is 0 Å². The predicted octanol–water partition coefficient (Wildman–Crippen LogP) is 1.67. The Morgan fingerprint density at radius 3 is 2.22 bits per heavy atom. The molecule has 1 aliphatic carbocycles. The zero-order valence-electron chi connectivity index (χ0n) is 14.4. The molecule has 1 aromatic heterocycles. The smallest absolute Gasteiger partial charge is 0.253 e. The standard InChI is InChI=1S/C17H26N4O2/c1-20(2)14-9-8-13(12-18-14)15(22)19-17(16(23)21(3)4)10-6-5-7-11-17/h8-9,12H,5-7,10-11H2,1-4H3,(H,19,22). The Morgan fingerprint density at radius 2 is 1.74 bits per heavy atom. The third-order valence-corrected chi connectivity index (χ3v) is 4.34. The molecule has 126 valence electrons. The minimum atomic E-state index is -0.779. The van der Waals surface area contributed by atoms with E-state index in [-0.39, 0.29) is 11.8 Å². The summed E-state index contributed by atoms with van der Waals surface area (Å²) in [5.41, 5.74) is -0.300. The highest BCUT2D eigenvalue weighted by Crippen LogP contribution is 2.30. The summed E-state index contributed by atoms with van der Waals surface area (Å²) >= 11 is 0. The minimum absolute atomic E-state index is 0.0246. The largest absolute Gasteiger partial charge is 0.363 e. The summed E-state index contributed by atoms with van der Waals surface area (Å²) in [6.45, 7) is 0. The van der Waals surface area contributed by atoms with Gasteiger partial charge in [-0.05, 0) is 25.0 Å². The number of hydrogen-bond donors (Lipinski definition) is 1. The Bertz CT molecular complexity index is 560. The first-order valence-electron chi connectivity index (χ1n) is 8.03. The second-order valence-corrected chi connectivity index (χ2v) is 6.60. The molecule has 6 nitrogen and oxygen atoms in total. The first kappa shape index (κ1) is 17.2. The lowest BCUT2D eigenvalue weighted by molar-refractivity contribution is -0.136. The molecule has 2 amide bonds. The van der Waals surface area contributed by atoms with Crippen LogP contribution in [0.5, 0.6) is 0 Å². The summed E-state index contributed by atoms with van der Waals surface area (Å²) in [5.74, 6) is 0.529. The van der Waals surface area contributed by atoms with Crippen molar-refractivity contribution >= 4 is 17.6 Å². The van der Waals surface area contributed by atoms with E-state index >= 15 is 0 Å². The Balaban J connectivity index is 2.18. The van der Waals surface area contributed by atoms with Gasteiger partial charge >= 0.3 is 0 Å². The maximum atomic E-state index is 12.6. The summed E-state index contributed by atoms with van der Waals surface area (Å²) in [6, 6.07) is 3.55. The first-order chi connectivity index (χ1) is 10.9. The van der Waals surface area contributed by atoms with Crippen LogP contribution in [0.4, 0.5) is 5.82 Å².